The molecule has 1 fully saturated rings. The first kappa shape index (κ1) is 14.5. The van der Waals surface area contributed by atoms with Gasteiger partial charge in [0.15, 0.2) is 5.78 Å². The molecule has 1 saturated heterocycles. The van der Waals surface area contributed by atoms with Crippen molar-refractivity contribution in [1.82, 2.24) is 0 Å². The Hall–Kier alpha value is -1.95. The maximum atomic E-state index is 12.6. The molecule has 1 heterocycles. The largest absolute Gasteiger partial charge is 0.481 e. The van der Waals surface area contributed by atoms with Crippen LogP contribution in [0.1, 0.15) is 10.4 Å². The van der Waals surface area contributed by atoms with E-state index in [0.29, 0.717) is 13.2 Å². The van der Waals surface area contributed by atoms with Crippen LogP contribution in [-0.2, 0) is 9.53 Å². The first-order valence-corrected chi connectivity index (χ1v) is 6.39. The number of alkyl halides is 1. The lowest BCUT2D eigenvalue weighted by atomic mass is 9.98. The lowest BCUT2D eigenvalue weighted by Gasteiger charge is -2.28. The van der Waals surface area contributed by atoms with Crippen molar-refractivity contribution in [1.29, 1.82) is 0 Å². The second kappa shape index (κ2) is 6.47. The second-order valence-electron chi connectivity index (χ2n) is 4.56. The van der Waals surface area contributed by atoms with E-state index in [-0.39, 0.29) is 5.56 Å². The number of hydrogen-bond donors (Lipinski definition) is 1. The van der Waals surface area contributed by atoms with Crippen LogP contribution in [0.25, 0.3) is 0 Å². The van der Waals surface area contributed by atoms with Gasteiger partial charge in [-0.1, -0.05) is 0 Å². The molecule has 108 valence electrons. The average molecular weight is 281 g/mol. The van der Waals surface area contributed by atoms with Crippen LogP contribution in [0.4, 0.5) is 10.1 Å². The van der Waals surface area contributed by atoms with E-state index in [9.17, 15) is 14.0 Å². The van der Waals surface area contributed by atoms with Gasteiger partial charge in [0, 0.05) is 24.3 Å². The zero-order valence-electron chi connectivity index (χ0n) is 10.9. The standard InChI is InChI=1S/C14H16FNO4/c15-9-12(14(18)19)13(17)10-1-3-11(4-2-10)16-5-7-20-8-6-16/h1-4,12H,5-9H2,(H,18,19). The minimum atomic E-state index is -1.62. The van der Waals surface area contributed by atoms with E-state index < -0.39 is 24.3 Å². The maximum Gasteiger partial charge on any atom is 0.317 e. The minimum absolute atomic E-state index is 0.215. The number of morpholine rings is 1. The summed E-state index contributed by atoms with van der Waals surface area (Å²) in [4.78, 5) is 24.7. The number of aliphatic carboxylic acids is 1. The fraction of sp³-hybridized carbons (Fsp3) is 0.429. The predicted octanol–water partition coefficient (Wildman–Crippen LogP) is 1.38. The second-order valence-corrected chi connectivity index (χ2v) is 4.56. The van der Waals surface area contributed by atoms with Crippen LogP contribution in [-0.4, -0.2) is 49.8 Å². The van der Waals surface area contributed by atoms with Crippen LogP contribution in [0, 0.1) is 5.92 Å². The molecule has 0 radical (unpaired) electrons. The monoisotopic (exact) mass is 281 g/mol. The molecule has 0 aromatic heterocycles. The number of nitrogens with zero attached hydrogens (tertiary/aromatic N) is 1. The van der Waals surface area contributed by atoms with Gasteiger partial charge in [-0.3, -0.25) is 9.59 Å². The van der Waals surface area contributed by atoms with Gasteiger partial charge >= 0.3 is 5.97 Å². The molecule has 20 heavy (non-hydrogen) atoms. The summed E-state index contributed by atoms with van der Waals surface area (Å²) >= 11 is 0. The molecule has 1 aliphatic heterocycles. The summed E-state index contributed by atoms with van der Waals surface area (Å²) in [6, 6.07) is 6.57. The SMILES string of the molecule is O=C(O)C(CF)C(=O)c1ccc(N2CCOCC2)cc1. The lowest BCUT2D eigenvalue weighted by Crippen LogP contribution is -2.36. The Morgan fingerprint density at radius 1 is 1.25 bits per heavy atom. The number of carboxylic acids is 1. The van der Waals surface area contributed by atoms with Gasteiger partial charge in [0.25, 0.3) is 0 Å². The first-order valence-electron chi connectivity index (χ1n) is 6.39. The number of anilines is 1. The molecule has 5 nitrogen and oxygen atoms in total. The van der Waals surface area contributed by atoms with Gasteiger partial charge in [-0.2, -0.15) is 0 Å². The molecule has 1 atom stereocenters. The Balaban J connectivity index is 2.11. The minimum Gasteiger partial charge on any atom is -0.481 e. The summed E-state index contributed by atoms with van der Waals surface area (Å²) in [5, 5.41) is 8.78. The number of ether oxygens (including phenoxy) is 1. The Labute approximate surface area is 116 Å². The van der Waals surface area contributed by atoms with Gasteiger partial charge < -0.3 is 14.7 Å². The zero-order chi connectivity index (χ0) is 14.5. The normalized spacial score (nSPS) is 16.8. The molecule has 1 aromatic carbocycles. The van der Waals surface area contributed by atoms with Crippen LogP contribution in [0.3, 0.4) is 0 Å². The summed E-state index contributed by atoms with van der Waals surface area (Å²) in [6.45, 7) is 1.66. The number of rotatable bonds is 5. The van der Waals surface area contributed by atoms with Gasteiger partial charge in [-0.25, -0.2) is 4.39 Å². The van der Waals surface area contributed by atoms with Crippen LogP contribution < -0.4 is 4.90 Å². The molecule has 0 spiro atoms. The molecule has 0 amide bonds. The van der Waals surface area contributed by atoms with Gasteiger partial charge in [0.2, 0.25) is 0 Å². The number of Topliss-reactive ketones (excluding diaryl/α,β-unsaturated/α-hetero) is 1. The van der Waals surface area contributed by atoms with Crippen LogP contribution in [0.2, 0.25) is 0 Å². The average Bonchev–Trinajstić information content (AvgIpc) is 2.48. The Kier molecular flexibility index (Phi) is 4.68. The smallest absolute Gasteiger partial charge is 0.317 e. The van der Waals surface area contributed by atoms with E-state index >= 15 is 0 Å². The quantitative estimate of drug-likeness (QED) is 0.652. The Morgan fingerprint density at radius 2 is 1.85 bits per heavy atom. The highest BCUT2D eigenvalue weighted by Gasteiger charge is 2.27. The highest BCUT2D eigenvalue weighted by atomic mass is 19.1. The van der Waals surface area contributed by atoms with Crippen molar-refractivity contribution in [2.24, 2.45) is 5.92 Å². The summed E-state index contributed by atoms with van der Waals surface area (Å²) < 4.78 is 17.8. The van der Waals surface area contributed by atoms with Gasteiger partial charge in [0.1, 0.15) is 12.6 Å². The Morgan fingerprint density at radius 3 is 2.35 bits per heavy atom. The molecule has 0 bridgehead atoms. The number of carbonyl (C=O) groups excluding carboxylic acids is 1. The van der Waals surface area contributed by atoms with E-state index in [0.717, 1.165) is 18.8 Å². The molecule has 0 aliphatic carbocycles. The highest BCUT2D eigenvalue weighted by Crippen LogP contribution is 2.18. The fourth-order valence-electron chi connectivity index (χ4n) is 2.11. The van der Waals surface area contributed by atoms with Crippen molar-refractivity contribution in [3.05, 3.63) is 29.8 Å². The van der Waals surface area contributed by atoms with E-state index in [2.05, 4.69) is 4.90 Å². The van der Waals surface area contributed by atoms with Crippen molar-refractivity contribution in [3.63, 3.8) is 0 Å². The Bertz CT molecular complexity index is 482. The van der Waals surface area contributed by atoms with Crippen molar-refractivity contribution >= 4 is 17.4 Å². The van der Waals surface area contributed by atoms with E-state index in [1.165, 1.54) is 0 Å². The molecule has 2 rings (SSSR count). The van der Waals surface area contributed by atoms with E-state index in [1.54, 1.807) is 24.3 Å². The molecular formula is C14H16FNO4. The summed E-state index contributed by atoms with van der Waals surface area (Å²) in [7, 11) is 0. The van der Waals surface area contributed by atoms with Crippen LogP contribution in [0.5, 0.6) is 0 Å². The third-order valence-electron chi connectivity index (χ3n) is 3.30. The molecule has 1 N–H and O–H groups in total. The van der Waals surface area contributed by atoms with Gasteiger partial charge in [-0.05, 0) is 24.3 Å². The van der Waals surface area contributed by atoms with E-state index in [4.69, 9.17) is 9.84 Å². The van der Waals surface area contributed by atoms with Crippen molar-refractivity contribution in [2.75, 3.05) is 37.9 Å². The van der Waals surface area contributed by atoms with Crippen molar-refractivity contribution in [2.45, 2.75) is 0 Å². The first-order chi connectivity index (χ1) is 9.63. The summed E-state index contributed by atoms with van der Waals surface area (Å²) in [6.07, 6.45) is 0. The molecule has 6 heteroatoms. The third-order valence-corrected chi connectivity index (χ3v) is 3.30. The molecule has 1 aliphatic rings. The number of benzene rings is 1. The number of ketones is 1. The molecule has 1 unspecified atom stereocenters. The summed E-state index contributed by atoms with van der Waals surface area (Å²) in [5.41, 5.74) is 1.16. The highest BCUT2D eigenvalue weighted by molar-refractivity contribution is 6.08. The van der Waals surface area contributed by atoms with E-state index in [1.807, 2.05) is 0 Å². The number of halogens is 1. The predicted molar refractivity (Wildman–Crippen MR) is 70.9 cm³/mol. The summed E-state index contributed by atoms with van der Waals surface area (Å²) in [5.74, 6) is -3.76. The van der Waals surface area contributed by atoms with Gasteiger partial charge in [0.05, 0.1) is 13.2 Å². The fourth-order valence-corrected chi connectivity index (χ4v) is 2.11. The van der Waals surface area contributed by atoms with Gasteiger partial charge in [-0.15, -0.1) is 0 Å². The number of hydrogen-bond acceptors (Lipinski definition) is 4. The topological polar surface area (TPSA) is 66.8 Å². The zero-order valence-corrected chi connectivity index (χ0v) is 10.9. The third kappa shape index (κ3) is 3.14. The molecular weight excluding hydrogens is 265 g/mol. The van der Waals surface area contributed by atoms with Crippen LogP contribution in [0.15, 0.2) is 24.3 Å². The molecule has 0 saturated carbocycles. The maximum absolute atomic E-state index is 12.6. The number of carbonyl (C=O) groups is 2. The van der Waals surface area contributed by atoms with Crippen molar-refractivity contribution < 1.29 is 23.8 Å². The lowest BCUT2D eigenvalue weighted by molar-refractivity contribution is -0.140. The molecule has 1 aromatic rings. The van der Waals surface area contributed by atoms with Crippen molar-refractivity contribution in [3.8, 4) is 0 Å². The van der Waals surface area contributed by atoms with Crippen LogP contribution >= 0.6 is 0 Å². The number of carboxylic acid groups (broad SMARTS) is 1.